The molecule has 2 unspecified atom stereocenters. The molecule has 0 aliphatic carbocycles. The van der Waals surface area contributed by atoms with Crippen LogP contribution in [-0.4, -0.2) is 54.7 Å². The molecule has 5 atom stereocenters. The Morgan fingerprint density at radius 2 is 1.27 bits per heavy atom. The van der Waals surface area contributed by atoms with E-state index < -0.39 is 36.5 Å². The molecule has 0 spiro atoms. The first kappa shape index (κ1) is 35.7. The van der Waals surface area contributed by atoms with E-state index in [-0.39, 0.29) is 36.1 Å². The predicted octanol–water partition coefficient (Wildman–Crippen LogP) is 6.02. The lowest BCUT2D eigenvalue weighted by atomic mass is 10.1. The van der Waals surface area contributed by atoms with Crippen molar-refractivity contribution in [2.45, 2.75) is 130 Å². The van der Waals surface area contributed by atoms with E-state index in [0.717, 1.165) is 25.7 Å². The molecule has 0 saturated carbocycles. The number of benzene rings is 1. The Morgan fingerprint density at radius 1 is 0.732 bits per heavy atom. The van der Waals surface area contributed by atoms with Crippen LogP contribution in [0, 0.1) is 0 Å². The van der Waals surface area contributed by atoms with Crippen molar-refractivity contribution in [1.82, 2.24) is 0 Å². The van der Waals surface area contributed by atoms with Gasteiger partial charge in [-0.3, -0.25) is 9.59 Å². The lowest BCUT2D eigenvalue weighted by molar-refractivity contribution is -0.166. The van der Waals surface area contributed by atoms with Crippen LogP contribution in [0.2, 0.25) is 0 Å². The van der Waals surface area contributed by atoms with Gasteiger partial charge >= 0.3 is 24.2 Å². The third-order valence-corrected chi connectivity index (χ3v) is 6.15. The van der Waals surface area contributed by atoms with E-state index in [4.69, 9.17) is 34.2 Å². The van der Waals surface area contributed by atoms with Gasteiger partial charge in [-0.1, -0.05) is 46.1 Å². The maximum atomic E-state index is 12.7. The first-order valence-electron chi connectivity index (χ1n) is 14.4. The monoisotopic (exact) mass is 581 g/mol. The lowest BCUT2D eigenvalue weighted by Crippen LogP contribution is -2.39. The van der Waals surface area contributed by atoms with Crippen LogP contribution in [0.4, 0.5) is 9.59 Å². The van der Waals surface area contributed by atoms with Crippen molar-refractivity contribution in [3.8, 4) is 11.5 Å². The van der Waals surface area contributed by atoms with Crippen LogP contribution >= 0.6 is 0 Å². The van der Waals surface area contributed by atoms with Gasteiger partial charge in [0.15, 0.2) is 11.5 Å². The summed E-state index contributed by atoms with van der Waals surface area (Å²) in [6.45, 7) is 12.6. The van der Waals surface area contributed by atoms with Crippen molar-refractivity contribution in [1.29, 1.82) is 0 Å². The van der Waals surface area contributed by atoms with Crippen LogP contribution in [0.5, 0.6) is 11.5 Å². The van der Waals surface area contributed by atoms with E-state index in [9.17, 15) is 19.2 Å². The number of carbonyl (C=O) groups excluding carboxylic acids is 4. The number of carbonyl (C=O) groups is 4. The zero-order valence-electron chi connectivity index (χ0n) is 25.4. The maximum Gasteiger partial charge on any atom is 0.514 e. The summed E-state index contributed by atoms with van der Waals surface area (Å²) >= 11 is 0. The zero-order chi connectivity index (χ0) is 30.9. The van der Waals surface area contributed by atoms with Gasteiger partial charge in [0, 0.05) is 6.42 Å². The van der Waals surface area contributed by atoms with E-state index in [0.29, 0.717) is 24.8 Å². The summed E-state index contributed by atoms with van der Waals surface area (Å²) in [5, 5.41) is 0. The Bertz CT molecular complexity index is 982. The summed E-state index contributed by atoms with van der Waals surface area (Å²) in [5.41, 5.74) is 6.60. The number of hydrogen-bond donors (Lipinski definition) is 1. The van der Waals surface area contributed by atoms with Crippen LogP contribution in [0.3, 0.4) is 0 Å². The van der Waals surface area contributed by atoms with Crippen molar-refractivity contribution in [2.75, 3.05) is 0 Å². The Hall–Kier alpha value is -3.34. The Morgan fingerprint density at radius 3 is 1.80 bits per heavy atom. The minimum Gasteiger partial charge on any atom is -0.459 e. The van der Waals surface area contributed by atoms with Gasteiger partial charge in [-0.05, 0) is 71.1 Å². The molecule has 11 heteroatoms. The summed E-state index contributed by atoms with van der Waals surface area (Å²) in [6.07, 6.45) is 0.826. The number of unbranched alkanes of at least 4 members (excludes halogenated alkanes) is 1. The highest BCUT2D eigenvalue weighted by Gasteiger charge is 2.25. The van der Waals surface area contributed by atoms with Gasteiger partial charge in [0.1, 0.15) is 30.5 Å². The molecule has 0 fully saturated rings. The van der Waals surface area contributed by atoms with Gasteiger partial charge in [-0.25, -0.2) is 9.59 Å². The highest BCUT2D eigenvalue weighted by atomic mass is 16.7. The lowest BCUT2D eigenvalue weighted by Gasteiger charge is -2.22. The first-order chi connectivity index (χ1) is 19.4. The molecular weight excluding hydrogens is 534 g/mol. The fraction of sp³-hybridized carbons (Fsp3) is 0.667. The molecule has 0 heterocycles. The van der Waals surface area contributed by atoms with Crippen LogP contribution in [-0.2, 0) is 35.0 Å². The average Bonchev–Trinajstić information content (AvgIpc) is 2.88. The maximum absolute atomic E-state index is 12.7. The summed E-state index contributed by atoms with van der Waals surface area (Å²) in [4.78, 5) is 49.2. The Labute approximate surface area is 243 Å². The van der Waals surface area contributed by atoms with E-state index in [2.05, 4.69) is 0 Å². The molecular formula is C30H47NO10. The van der Waals surface area contributed by atoms with Crippen LogP contribution in [0.1, 0.15) is 99.0 Å². The smallest absolute Gasteiger partial charge is 0.459 e. The number of nitrogens with two attached hydrogens (primary N) is 1. The number of rotatable bonds is 17. The van der Waals surface area contributed by atoms with E-state index >= 15 is 0 Å². The fourth-order valence-electron chi connectivity index (χ4n) is 3.72. The molecule has 0 amide bonds. The molecule has 0 radical (unpaired) electrons. The van der Waals surface area contributed by atoms with Crippen LogP contribution < -0.4 is 15.2 Å². The SMILES string of the molecule is CCCCC(=O)O[C@@H](C)[C@H](C)OC(=O)[C@@H](N)Cc1ccc(OC(=O)OC(C)CCC)c(OC(=O)OC(C)CCC)c1. The van der Waals surface area contributed by atoms with Gasteiger partial charge in [-0.15, -0.1) is 0 Å². The van der Waals surface area contributed by atoms with E-state index in [1.165, 1.54) is 12.1 Å². The molecule has 2 N–H and O–H groups in total. The topological polar surface area (TPSA) is 150 Å². The summed E-state index contributed by atoms with van der Waals surface area (Å²) in [7, 11) is 0. The first-order valence-corrected chi connectivity index (χ1v) is 14.4. The largest absolute Gasteiger partial charge is 0.514 e. The number of ether oxygens (including phenoxy) is 6. The third kappa shape index (κ3) is 14.2. The summed E-state index contributed by atoms with van der Waals surface area (Å²) in [6, 6.07) is 3.34. The molecule has 0 saturated heterocycles. The predicted molar refractivity (Wildman–Crippen MR) is 152 cm³/mol. The highest BCUT2D eigenvalue weighted by molar-refractivity contribution is 5.76. The minimum absolute atomic E-state index is 0.0200. The molecule has 232 valence electrons. The third-order valence-electron chi connectivity index (χ3n) is 6.15. The molecule has 0 aromatic heterocycles. The van der Waals surface area contributed by atoms with Crippen LogP contribution in [0.25, 0.3) is 0 Å². The van der Waals surface area contributed by atoms with Crippen molar-refractivity contribution in [2.24, 2.45) is 5.73 Å². The second-order valence-electron chi connectivity index (χ2n) is 10.2. The Balaban J connectivity index is 2.96. The van der Waals surface area contributed by atoms with Crippen molar-refractivity contribution in [3.05, 3.63) is 23.8 Å². The molecule has 1 aromatic carbocycles. The molecule has 0 bridgehead atoms. The molecule has 1 rings (SSSR count). The summed E-state index contributed by atoms with van der Waals surface area (Å²) < 4.78 is 31.9. The number of esters is 2. The standard InChI is InChI=1S/C30H47NO10/c1-8-11-14-27(32)38-21(6)22(7)39-28(33)24(31)17-23-15-16-25(40-29(34)36-19(4)12-9-2)26(18-23)41-30(35)37-20(5)13-10-3/h15-16,18-22,24H,8-14,17,31H2,1-7H3/t19?,20?,21-,22-,24-/m0/s1. The zero-order valence-corrected chi connectivity index (χ0v) is 25.4. The van der Waals surface area contributed by atoms with Crippen molar-refractivity contribution >= 4 is 24.2 Å². The normalized spacial score (nSPS) is 14.5. The highest BCUT2D eigenvalue weighted by Crippen LogP contribution is 2.30. The summed E-state index contributed by atoms with van der Waals surface area (Å²) in [5.74, 6) is -1.21. The quantitative estimate of drug-likeness (QED) is 0.131. The van der Waals surface area contributed by atoms with E-state index in [1.54, 1.807) is 33.8 Å². The molecule has 11 nitrogen and oxygen atoms in total. The second kappa shape index (κ2) is 18.9. The Kier molecular flexibility index (Phi) is 16.5. The van der Waals surface area contributed by atoms with Gasteiger partial charge in [-0.2, -0.15) is 0 Å². The van der Waals surface area contributed by atoms with Gasteiger partial charge in [0.2, 0.25) is 0 Å². The second-order valence-corrected chi connectivity index (χ2v) is 10.2. The molecule has 1 aromatic rings. The van der Waals surface area contributed by atoms with Gasteiger partial charge < -0.3 is 34.2 Å². The van der Waals surface area contributed by atoms with E-state index in [1.807, 2.05) is 20.8 Å². The fourth-order valence-corrected chi connectivity index (χ4v) is 3.72. The van der Waals surface area contributed by atoms with Crippen molar-refractivity contribution < 1.29 is 47.6 Å². The molecule has 0 aliphatic rings. The van der Waals surface area contributed by atoms with Crippen molar-refractivity contribution in [3.63, 3.8) is 0 Å². The molecule has 0 aliphatic heterocycles. The average molecular weight is 582 g/mol. The number of hydrogen-bond acceptors (Lipinski definition) is 11. The van der Waals surface area contributed by atoms with Gasteiger partial charge in [0.25, 0.3) is 0 Å². The molecule has 41 heavy (non-hydrogen) atoms. The van der Waals surface area contributed by atoms with Crippen LogP contribution in [0.15, 0.2) is 18.2 Å². The van der Waals surface area contributed by atoms with Gasteiger partial charge in [0.05, 0.1) is 0 Å². The minimum atomic E-state index is -1.07.